The van der Waals surface area contributed by atoms with E-state index in [1.165, 1.54) is 0 Å². The maximum atomic E-state index is 13.1. The van der Waals surface area contributed by atoms with Gasteiger partial charge in [-0.3, -0.25) is 9.69 Å². The van der Waals surface area contributed by atoms with E-state index in [2.05, 4.69) is 16.8 Å². The fourth-order valence-corrected chi connectivity index (χ4v) is 4.56. The molecule has 2 fully saturated rings. The topological polar surface area (TPSA) is 50.3 Å². The van der Waals surface area contributed by atoms with E-state index in [1.54, 1.807) is 0 Å². The number of rotatable bonds is 6. The van der Waals surface area contributed by atoms with E-state index in [1.807, 2.05) is 48.2 Å². The Morgan fingerprint density at radius 1 is 1.11 bits per heavy atom. The molecule has 0 unspecified atom stereocenters. The van der Waals surface area contributed by atoms with Gasteiger partial charge in [-0.15, -0.1) is 0 Å². The summed E-state index contributed by atoms with van der Waals surface area (Å²) in [6.45, 7) is 6.29. The van der Waals surface area contributed by atoms with Gasteiger partial charge < -0.3 is 19.8 Å². The highest BCUT2D eigenvalue weighted by Gasteiger charge is 2.35. The smallest absolute Gasteiger partial charge is 0.253 e. The Morgan fingerprint density at radius 3 is 2.39 bits per heavy atom. The number of amides is 1. The summed E-state index contributed by atoms with van der Waals surface area (Å²) in [5, 5.41) is 9.35. The summed E-state index contributed by atoms with van der Waals surface area (Å²) in [6.07, 6.45) is 2.83. The zero-order valence-corrected chi connectivity index (χ0v) is 17.7. The largest absolute Gasteiger partial charge is 0.396 e. The Labute approximate surface area is 169 Å². The van der Waals surface area contributed by atoms with Crippen molar-refractivity contribution < 1.29 is 9.90 Å². The van der Waals surface area contributed by atoms with Crippen molar-refractivity contribution in [2.24, 2.45) is 5.92 Å². The Bertz CT molecular complexity index is 626. The van der Waals surface area contributed by atoms with Gasteiger partial charge in [0, 0.05) is 77.3 Å². The average molecular weight is 389 g/mol. The second-order valence-electron chi connectivity index (χ2n) is 8.51. The van der Waals surface area contributed by atoms with Gasteiger partial charge in [0.1, 0.15) is 0 Å². The molecular weight excluding hydrogens is 352 g/mol. The lowest BCUT2D eigenvalue weighted by Crippen LogP contribution is -2.56. The van der Waals surface area contributed by atoms with Crippen LogP contribution in [0, 0.1) is 5.92 Å². The molecule has 0 spiro atoms. The minimum absolute atomic E-state index is 0.135. The van der Waals surface area contributed by atoms with Crippen LogP contribution in [0.5, 0.6) is 0 Å². The van der Waals surface area contributed by atoms with Crippen LogP contribution in [0.2, 0.25) is 0 Å². The fourth-order valence-electron chi connectivity index (χ4n) is 4.56. The second kappa shape index (κ2) is 9.72. The van der Waals surface area contributed by atoms with Crippen LogP contribution in [-0.4, -0.2) is 98.8 Å². The minimum Gasteiger partial charge on any atom is -0.396 e. The summed E-state index contributed by atoms with van der Waals surface area (Å²) in [7, 11) is 6.20. The molecule has 1 aromatic carbocycles. The summed E-state index contributed by atoms with van der Waals surface area (Å²) in [4.78, 5) is 22.1. The zero-order chi connectivity index (χ0) is 20.1. The number of aliphatic hydroxyl groups excluding tert-OH is 1. The van der Waals surface area contributed by atoms with Crippen LogP contribution in [0.3, 0.4) is 0 Å². The molecule has 1 amide bonds. The molecule has 1 aromatic rings. The lowest BCUT2D eigenvalue weighted by atomic mass is 9.86. The number of anilines is 1. The van der Waals surface area contributed by atoms with E-state index in [9.17, 15) is 9.90 Å². The van der Waals surface area contributed by atoms with Gasteiger partial charge in [-0.25, -0.2) is 0 Å². The lowest BCUT2D eigenvalue weighted by molar-refractivity contribution is 0.0218. The zero-order valence-electron chi connectivity index (χ0n) is 17.7. The first-order chi connectivity index (χ1) is 13.5. The highest BCUT2D eigenvalue weighted by atomic mass is 16.3. The number of carbonyl (C=O) groups excluding carboxylic acids is 1. The summed E-state index contributed by atoms with van der Waals surface area (Å²) < 4.78 is 0. The van der Waals surface area contributed by atoms with Gasteiger partial charge in [0.25, 0.3) is 5.91 Å². The number of likely N-dealkylation sites (tertiary alicyclic amines) is 1. The molecule has 3 rings (SSSR count). The van der Waals surface area contributed by atoms with Crippen LogP contribution < -0.4 is 4.90 Å². The number of hydrogen-bond donors (Lipinski definition) is 1. The van der Waals surface area contributed by atoms with Gasteiger partial charge in [-0.2, -0.15) is 0 Å². The van der Waals surface area contributed by atoms with Crippen LogP contribution in [0.15, 0.2) is 24.3 Å². The SMILES string of the molecule is CN1CCN([C@H]2CCN(C(=O)c3ccc(N(C)C)cc3)C[C@H]2CCCO)CC1. The first-order valence-electron chi connectivity index (χ1n) is 10.6. The quantitative estimate of drug-likeness (QED) is 0.802. The molecule has 2 aliphatic rings. The monoisotopic (exact) mass is 388 g/mol. The third-order valence-corrected chi connectivity index (χ3v) is 6.35. The van der Waals surface area contributed by atoms with Gasteiger partial charge in [0.15, 0.2) is 0 Å². The van der Waals surface area contributed by atoms with Gasteiger partial charge >= 0.3 is 0 Å². The molecule has 2 aliphatic heterocycles. The maximum Gasteiger partial charge on any atom is 0.253 e. The number of benzene rings is 1. The first kappa shape index (κ1) is 21.1. The van der Waals surface area contributed by atoms with Crippen molar-refractivity contribution in [2.75, 3.05) is 71.9 Å². The molecule has 6 heteroatoms. The van der Waals surface area contributed by atoms with Crippen molar-refractivity contribution in [1.29, 1.82) is 0 Å². The van der Waals surface area contributed by atoms with Crippen molar-refractivity contribution in [3.8, 4) is 0 Å². The number of hydrogen-bond acceptors (Lipinski definition) is 5. The third-order valence-electron chi connectivity index (χ3n) is 6.35. The van der Waals surface area contributed by atoms with Crippen molar-refractivity contribution in [3.05, 3.63) is 29.8 Å². The van der Waals surface area contributed by atoms with E-state index in [0.29, 0.717) is 12.0 Å². The second-order valence-corrected chi connectivity index (χ2v) is 8.51. The molecule has 2 atom stereocenters. The van der Waals surface area contributed by atoms with E-state index in [0.717, 1.165) is 69.8 Å². The van der Waals surface area contributed by atoms with Crippen LogP contribution in [-0.2, 0) is 0 Å². The number of nitrogens with zero attached hydrogens (tertiary/aromatic N) is 4. The summed E-state index contributed by atoms with van der Waals surface area (Å²) in [5.74, 6) is 0.574. The first-order valence-corrected chi connectivity index (χ1v) is 10.6. The lowest BCUT2D eigenvalue weighted by Gasteiger charge is -2.46. The van der Waals surface area contributed by atoms with Gasteiger partial charge in [0.05, 0.1) is 0 Å². The summed E-state index contributed by atoms with van der Waals surface area (Å²) >= 11 is 0. The predicted octanol–water partition coefficient (Wildman–Crippen LogP) is 1.60. The number of likely N-dealkylation sites (N-methyl/N-ethyl adjacent to an activating group) is 1. The predicted molar refractivity (Wildman–Crippen MR) is 114 cm³/mol. The summed E-state index contributed by atoms with van der Waals surface area (Å²) in [6, 6.07) is 8.42. The Balaban J connectivity index is 1.66. The Kier molecular flexibility index (Phi) is 7.32. The molecular formula is C22H36N4O2. The van der Waals surface area contributed by atoms with E-state index in [-0.39, 0.29) is 12.5 Å². The molecule has 0 saturated carbocycles. The molecule has 0 radical (unpaired) electrons. The molecule has 0 aromatic heterocycles. The minimum atomic E-state index is 0.135. The molecule has 1 N–H and O–H groups in total. The van der Waals surface area contributed by atoms with Crippen LogP contribution in [0.25, 0.3) is 0 Å². The molecule has 156 valence electrons. The van der Waals surface area contributed by atoms with E-state index in [4.69, 9.17) is 0 Å². The van der Waals surface area contributed by atoms with Crippen molar-refractivity contribution in [1.82, 2.24) is 14.7 Å². The van der Waals surface area contributed by atoms with Gasteiger partial charge in [-0.05, 0) is 56.5 Å². The molecule has 2 saturated heterocycles. The molecule has 0 bridgehead atoms. The van der Waals surface area contributed by atoms with Crippen LogP contribution >= 0.6 is 0 Å². The number of carbonyl (C=O) groups is 1. The normalized spacial score (nSPS) is 24.4. The molecule has 2 heterocycles. The van der Waals surface area contributed by atoms with Crippen molar-refractivity contribution >= 4 is 11.6 Å². The average Bonchev–Trinajstić information content (AvgIpc) is 2.72. The highest BCUT2D eigenvalue weighted by Crippen LogP contribution is 2.28. The van der Waals surface area contributed by atoms with E-state index < -0.39 is 0 Å². The van der Waals surface area contributed by atoms with Crippen LogP contribution in [0.1, 0.15) is 29.6 Å². The summed E-state index contributed by atoms with van der Waals surface area (Å²) in [5.41, 5.74) is 1.87. The fraction of sp³-hybridized carbons (Fsp3) is 0.682. The van der Waals surface area contributed by atoms with Crippen molar-refractivity contribution in [3.63, 3.8) is 0 Å². The number of piperidine rings is 1. The third kappa shape index (κ3) is 5.04. The molecule has 28 heavy (non-hydrogen) atoms. The number of aliphatic hydroxyl groups is 1. The van der Waals surface area contributed by atoms with Crippen LogP contribution in [0.4, 0.5) is 5.69 Å². The van der Waals surface area contributed by atoms with Crippen molar-refractivity contribution in [2.45, 2.75) is 25.3 Å². The van der Waals surface area contributed by atoms with E-state index >= 15 is 0 Å². The molecule has 0 aliphatic carbocycles. The number of piperazine rings is 1. The Hall–Kier alpha value is -1.63. The molecule has 6 nitrogen and oxygen atoms in total. The highest BCUT2D eigenvalue weighted by molar-refractivity contribution is 5.94. The maximum absolute atomic E-state index is 13.1. The Morgan fingerprint density at radius 2 is 1.79 bits per heavy atom. The van der Waals surface area contributed by atoms with Gasteiger partial charge in [0.2, 0.25) is 0 Å². The standard InChI is InChI=1S/C22H36N4O2/c1-23(2)20-8-6-18(7-9-20)22(28)26-11-10-21(19(17-26)5-4-16-27)25-14-12-24(3)13-15-25/h6-9,19,21,27H,4-5,10-17H2,1-3H3/t19-,21+/m1/s1. The van der Waals surface area contributed by atoms with Gasteiger partial charge in [-0.1, -0.05) is 0 Å².